The third kappa shape index (κ3) is 5.17. The summed E-state index contributed by atoms with van der Waals surface area (Å²) in [4.78, 5) is 12.5. The first-order chi connectivity index (χ1) is 11.8. The van der Waals surface area contributed by atoms with Crippen LogP contribution in [0.5, 0.6) is 0 Å². The fourth-order valence-corrected chi connectivity index (χ4v) is 3.29. The Kier molecular flexibility index (Phi) is 5.95. The minimum absolute atomic E-state index is 0.0827. The molecule has 0 unspecified atom stereocenters. The summed E-state index contributed by atoms with van der Waals surface area (Å²) in [6.45, 7) is 3.45. The van der Waals surface area contributed by atoms with Gasteiger partial charge in [-0.25, -0.2) is 23.4 Å². The van der Waals surface area contributed by atoms with Crippen molar-refractivity contribution in [1.82, 2.24) is 15.3 Å². The van der Waals surface area contributed by atoms with E-state index in [0.29, 0.717) is 22.4 Å². The first-order valence-electron chi connectivity index (χ1n) is 7.07. The van der Waals surface area contributed by atoms with Gasteiger partial charge in [0.2, 0.25) is 0 Å². The van der Waals surface area contributed by atoms with Gasteiger partial charge >= 0.3 is 0 Å². The van der Waals surface area contributed by atoms with Crippen molar-refractivity contribution in [2.75, 3.05) is 11.0 Å². The summed E-state index contributed by atoms with van der Waals surface area (Å²) in [7, 11) is -3.77. The minimum atomic E-state index is -3.77. The molecular formula is C15H16N6O2S2. The van der Waals surface area contributed by atoms with Crippen LogP contribution in [-0.4, -0.2) is 29.8 Å². The number of aliphatic imine (C=N–C) groups is 1. The number of aromatic nitrogens is 2. The Morgan fingerprint density at radius 1 is 1.24 bits per heavy atom. The number of amidine groups is 1. The van der Waals surface area contributed by atoms with E-state index >= 15 is 0 Å². The lowest BCUT2D eigenvalue weighted by atomic mass is 10.3. The Hall–Kier alpha value is -2.64. The molecule has 0 spiro atoms. The molecule has 0 saturated carbocycles. The number of nitrogens with zero attached hydrogens (tertiary/aromatic N) is 4. The molecule has 2 aromatic rings. The van der Waals surface area contributed by atoms with E-state index in [9.17, 15) is 8.42 Å². The van der Waals surface area contributed by atoms with Crippen molar-refractivity contribution in [3.05, 3.63) is 41.9 Å². The molecule has 0 saturated heterocycles. The fourth-order valence-electron chi connectivity index (χ4n) is 1.96. The third-order valence-corrected chi connectivity index (χ3v) is 4.89. The topological polar surface area (TPSA) is 120 Å². The van der Waals surface area contributed by atoms with Gasteiger partial charge in [0.25, 0.3) is 10.0 Å². The van der Waals surface area contributed by atoms with Gasteiger partial charge in [0.05, 0.1) is 10.6 Å². The smallest absolute Gasteiger partial charge is 0.263 e. The highest BCUT2D eigenvalue weighted by Gasteiger charge is 2.15. The average Bonchev–Trinajstić information content (AvgIpc) is 2.53. The predicted molar refractivity (Wildman–Crippen MR) is 98.1 cm³/mol. The summed E-state index contributed by atoms with van der Waals surface area (Å²) in [6, 6.07) is 7.54. The molecule has 130 valence electrons. The maximum Gasteiger partial charge on any atom is 0.263 e. The van der Waals surface area contributed by atoms with E-state index in [-0.39, 0.29) is 10.7 Å². The number of aryl methyl sites for hydroxylation is 2. The van der Waals surface area contributed by atoms with Crippen LogP contribution in [0, 0.1) is 25.3 Å². The Bertz CT molecular complexity index is 913. The lowest BCUT2D eigenvalue weighted by Crippen LogP contribution is -2.14. The van der Waals surface area contributed by atoms with E-state index in [1.807, 2.05) is 0 Å². The van der Waals surface area contributed by atoms with Gasteiger partial charge in [-0.3, -0.25) is 10.0 Å². The van der Waals surface area contributed by atoms with Crippen molar-refractivity contribution in [1.29, 1.82) is 5.26 Å². The molecule has 0 atom stereocenters. The Balaban J connectivity index is 2.24. The highest BCUT2D eigenvalue weighted by Crippen LogP contribution is 2.20. The summed E-state index contributed by atoms with van der Waals surface area (Å²) in [5.74, 6) is 0.701. The quantitative estimate of drug-likeness (QED) is 0.363. The SMILES string of the molecule is CSC(=Nc1ccc(S(=O)(=O)Nc2cc(C)nc(C)n2)cc1)NC#N. The number of nitrogens with one attached hydrogen (secondary N) is 2. The Morgan fingerprint density at radius 2 is 1.92 bits per heavy atom. The zero-order valence-electron chi connectivity index (χ0n) is 13.8. The summed E-state index contributed by atoms with van der Waals surface area (Å²) in [6.07, 6.45) is 3.57. The summed E-state index contributed by atoms with van der Waals surface area (Å²) in [5.41, 5.74) is 1.20. The lowest BCUT2D eigenvalue weighted by Gasteiger charge is -2.09. The number of hydrogen-bond donors (Lipinski definition) is 2. The van der Waals surface area contributed by atoms with Crippen LogP contribution in [-0.2, 0) is 10.0 Å². The second-order valence-corrected chi connectivity index (χ2v) is 7.38. The zero-order chi connectivity index (χ0) is 18.4. The van der Waals surface area contributed by atoms with Gasteiger partial charge in [0.1, 0.15) is 11.6 Å². The van der Waals surface area contributed by atoms with Gasteiger partial charge in [-0.1, -0.05) is 11.8 Å². The van der Waals surface area contributed by atoms with Crippen molar-refractivity contribution in [2.45, 2.75) is 18.7 Å². The molecule has 0 aliphatic rings. The number of thioether (sulfide) groups is 1. The van der Waals surface area contributed by atoms with Gasteiger partial charge in [0, 0.05) is 11.8 Å². The van der Waals surface area contributed by atoms with Crippen LogP contribution in [0.25, 0.3) is 0 Å². The zero-order valence-corrected chi connectivity index (χ0v) is 15.4. The molecule has 1 aromatic heterocycles. The summed E-state index contributed by atoms with van der Waals surface area (Å²) in [5, 5.41) is 11.5. The lowest BCUT2D eigenvalue weighted by molar-refractivity contribution is 0.601. The summed E-state index contributed by atoms with van der Waals surface area (Å²) >= 11 is 1.28. The van der Waals surface area contributed by atoms with Crippen LogP contribution in [0.2, 0.25) is 0 Å². The van der Waals surface area contributed by atoms with E-state index in [1.54, 1.807) is 44.5 Å². The average molecular weight is 376 g/mol. The van der Waals surface area contributed by atoms with Crippen LogP contribution in [0.3, 0.4) is 0 Å². The molecule has 0 bridgehead atoms. The van der Waals surface area contributed by atoms with Crippen LogP contribution in [0.4, 0.5) is 11.5 Å². The molecule has 0 aliphatic carbocycles. The molecule has 1 aromatic carbocycles. The predicted octanol–water partition coefficient (Wildman–Crippen LogP) is 2.32. The molecule has 0 fully saturated rings. The summed E-state index contributed by atoms with van der Waals surface area (Å²) < 4.78 is 27.3. The van der Waals surface area contributed by atoms with Crippen LogP contribution >= 0.6 is 11.8 Å². The van der Waals surface area contributed by atoms with Crippen LogP contribution < -0.4 is 10.0 Å². The van der Waals surface area contributed by atoms with Gasteiger partial charge in [-0.15, -0.1) is 0 Å². The number of benzene rings is 1. The second-order valence-electron chi connectivity index (χ2n) is 4.90. The number of hydrogen-bond acceptors (Lipinski definition) is 7. The number of rotatable bonds is 4. The third-order valence-electron chi connectivity index (χ3n) is 2.94. The van der Waals surface area contributed by atoms with Crippen LogP contribution in [0.15, 0.2) is 40.2 Å². The van der Waals surface area contributed by atoms with Crippen LogP contribution in [0.1, 0.15) is 11.5 Å². The highest BCUT2D eigenvalue weighted by molar-refractivity contribution is 8.13. The van der Waals surface area contributed by atoms with Crippen molar-refractivity contribution in [3.63, 3.8) is 0 Å². The molecule has 0 aliphatic heterocycles. The number of nitriles is 1. The van der Waals surface area contributed by atoms with Crippen molar-refractivity contribution in [3.8, 4) is 6.19 Å². The number of sulfonamides is 1. The molecule has 0 radical (unpaired) electrons. The van der Waals surface area contributed by atoms with Gasteiger partial charge in [-0.05, 0) is 44.4 Å². The molecule has 25 heavy (non-hydrogen) atoms. The largest absolute Gasteiger partial charge is 0.271 e. The van der Waals surface area contributed by atoms with E-state index in [2.05, 4.69) is 25.0 Å². The highest BCUT2D eigenvalue weighted by atomic mass is 32.2. The first-order valence-corrected chi connectivity index (χ1v) is 9.78. The van der Waals surface area contributed by atoms with Gasteiger partial charge in [0.15, 0.2) is 11.4 Å². The first kappa shape index (κ1) is 18.7. The molecule has 1 heterocycles. The van der Waals surface area contributed by atoms with Gasteiger partial charge < -0.3 is 0 Å². The Morgan fingerprint density at radius 3 is 2.48 bits per heavy atom. The van der Waals surface area contributed by atoms with Gasteiger partial charge in [-0.2, -0.15) is 5.26 Å². The van der Waals surface area contributed by atoms with E-state index in [0.717, 1.165) is 0 Å². The monoisotopic (exact) mass is 376 g/mol. The molecule has 0 amide bonds. The van der Waals surface area contributed by atoms with E-state index in [1.165, 1.54) is 23.9 Å². The van der Waals surface area contributed by atoms with E-state index in [4.69, 9.17) is 5.26 Å². The molecular weight excluding hydrogens is 360 g/mol. The van der Waals surface area contributed by atoms with Crippen molar-refractivity contribution >= 4 is 38.5 Å². The maximum atomic E-state index is 12.4. The van der Waals surface area contributed by atoms with E-state index < -0.39 is 10.0 Å². The molecule has 2 N–H and O–H groups in total. The van der Waals surface area contributed by atoms with Crippen molar-refractivity contribution < 1.29 is 8.42 Å². The number of anilines is 1. The molecule has 8 nitrogen and oxygen atoms in total. The Labute approximate surface area is 150 Å². The minimum Gasteiger partial charge on any atom is -0.271 e. The second kappa shape index (κ2) is 7.96. The maximum absolute atomic E-state index is 12.4. The standard InChI is InChI=1S/C15H16N6O2S2/c1-10-8-14(19-11(2)18-10)21-25(22,23)13-6-4-12(5-7-13)20-15(24-3)17-9-16/h4-8H,1-3H3,(H,17,20)(H,18,19,21). The van der Waals surface area contributed by atoms with Crippen molar-refractivity contribution in [2.24, 2.45) is 4.99 Å². The molecule has 10 heteroatoms. The molecule has 2 rings (SSSR count). The fraction of sp³-hybridized carbons (Fsp3) is 0.200. The normalized spacial score (nSPS) is 11.7.